The molecule has 0 atom stereocenters. The van der Waals surface area contributed by atoms with E-state index >= 15 is 0 Å². The van der Waals surface area contributed by atoms with Crippen molar-refractivity contribution < 1.29 is 8.78 Å². The fraction of sp³-hybridized carbons (Fsp3) is 0.294. The molecule has 0 aromatic heterocycles. The first-order valence-corrected chi connectivity index (χ1v) is 6.44. The van der Waals surface area contributed by atoms with E-state index in [4.69, 9.17) is 0 Å². The number of alkyl halides is 2. The van der Waals surface area contributed by atoms with Crippen molar-refractivity contribution in [2.75, 3.05) is 0 Å². The number of halogens is 2. The van der Waals surface area contributed by atoms with Gasteiger partial charge >= 0.3 is 0 Å². The van der Waals surface area contributed by atoms with Crippen LogP contribution in [0.15, 0.2) is 42.5 Å². The summed E-state index contributed by atoms with van der Waals surface area (Å²) in [5, 5.41) is 0. The van der Waals surface area contributed by atoms with Crippen LogP contribution in [0.25, 0.3) is 11.1 Å². The highest BCUT2D eigenvalue weighted by atomic mass is 19.3. The van der Waals surface area contributed by atoms with Crippen molar-refractivity contribution in [3.05, 3.63) is 59.2 Å². The Morgan fingerprint density at radius 3 is 2.16 bits per heavy atom. The summed E-state index contributed by atoms with van der Waals surface area (Å²) in [6, 6.07) is 12.1. The van der Waals surface area contributed by atoms with E-state index in [1.165, 1.54) is 6.07 Å². The summed E-state index contributed by atoms with van der Waals surface area (Å²) in [5.41, 5.74) is 2.63. The molecule has 1 aliphatic rings. The molecule has 98 valence electrons. The zero-order chi connectivity index (χ0) is 13.8. The lowest BCUT2D eigenvalue weighted by Crippen LogP contribution is -2.13. The Bertz CT molecular complexity index is 649. The summed E-state index contributed by atoms with van der Waals surface area (Å²) in [7, 11) is 0. The Hall–Kier alpha value is -1.70. The number of fused-ring (bicyclic) bond motifs is 3. The van der Waals surface area contributed by atoms with Crippen LogP contribution in [0, 0.1) is 0 Å². The fourth-order valence-electron chi connectivity index (χ4n) is 2.64. The van der Waals surface area contributed by atoms with Crippen LogP contribution in [-0.2, 0) is 11.3 Å². The standard InChI is InChI=1S/C17H16F2/c1-16(2,3)11-8-9-15-13(10-11)12-6-4-5-7-14(12)17(15,18)19/h4-10H,1-3H3. The zero-order valence-electron chi connectivity index (χ0n) is 11.3. The molecule has 0 spiro atoms. The van der Waals surface area contributed by atoms with Gasteiger partial charge in [-0.25, -0.2) is 0 Å². The van der Waals surface area contributed by atoms with E-state index < -0.39 is 5.92 Å². The molecule has 0 unspecified atom stereocenters. The van der Waals surface area contributed by atoms with Crippen LogP contribution in [0.1, 0.15) is 37.5 Å². The van der Waals surface area contributed by atoms with E-state index in [9.17, 15) is 8.78 Å². The van der Waals surface area contributed by atoms with Crippen LogP contribution in [0.3, 0.4) is 0 Å². The van der Waals surface area contributed by atoms with Gasteiger partial charge in [-0.3, -0.25) is 0 Å². The number of hydrogen-bond acceptors (Lipinski definition) is 0. The highest BCUT2D eigenvalue weighted by Gasteiger charge is 2.44. The van der Waals surface area contributed by atoms with Crippen molar-refractivity contribution in [1.82, 2.24) is 0 Å². The van der Waals surface area contributed by atoms with Gasteiger partial charge in [-0.15, -0.1) is 0 Å². The van der Waals surface area contributed by atoms with Crippen LogP contribution >= 0.6 is 0 Å². The molecule has 0 N–H and O–H groups in total. The van der Waals surface area contributed by atoms with Crippen LogP contribution in [-0.4, -0.2) is 0 Å². The molecule has 0 radical (unpaired) electrons. The topological polar surface area (TPSA) is 0 Å². The van der Waals surface area contributed by atoms with E-state index in [2.05, 4.69) is 20.8 Å². The second kappa shape index (κ2) is 3.66. The Morgan fingerprint density at radius 1 is 0.842 bits per heavy atom. The summed E-state index contributed by atoms with van der Waals surface area (Å²) in [6.45, 7) is 6.27. The number of hydrogen-bond donors (Lipinski definition) is 0. The lowest BCUT2D eigenvalue weighted by molar-refractivity contribution is 0.0480. The third kappa shape index (κ3) is 1.70. The monoisotopic (exact) mass is 258 g/mol. The molecule has 2 aromatic rings. The predicted octanol–water partition coefficient (Wildman–Crippen LogP) is 5.10. The van der Waals surface area contributed by atoms with Gasteiger partial charge in [0.05, 0.1) is 0 Å². The molecule has 2 heteroatoms. The molecule has 0 nitrogen and oxygen atoms in total. The zero-order valence-corrected chi connectivity index (χ0v) is 11.3. The third-order valence-electron chi connectivity index (χ3n) is 3.78. The Balaban J connectivity index is 2.29. The van der Waals surface area contributed by atoms with Gasteiger partial charge in [-0.2, -0.15) is 8.78 Å². The van der Waals surface area contributed by atoms with Crippen LogP contribution in [0.5, 0.6) is 0 Å². The normalized spacial score (nSPS) is 16.1. The average molecular weight is 258 g/mol. The highest BCUT2D eigenvalue weighted by Crippen LogP contribution is 2.51. The minimum absolute atomic E-state index is 0.0398. The van der Waals surface area contributed by atoms with Crippen molar-refractivity contribution in [2.24, 2.45) is 0 Å². The van der Waals surface area contributed by atoms with Gasteiger partial charge in [0.2, 0.25) is 0 Å². The Morgan fingerprint density at radius 2 is 1.47 bits per heavy atom. The average Bonchev–Trinajstić information content (AvgIpc) is 2.58. The number of rotatable bonds is 0. The molecule has 3 rings (SSSR count). The van der Waals surface area contributed by atoms with Crippen LogP contribution in [0.4, 0.5) is 8.78 Å². The summed E-state index contributed by atoms with van der Waals surface area (Å²) < 4.78 is 28.7. The molecule has 2 aromatic carbocycles. The summed E-state index contributed by atoms with van der Waals surface area (Å²) in [4.78, 5) is 0. The third-order valence-corrected chi connectivity index (χ3v) is 3.78. The molecule has 1 aliphatic carbocycles. The second-order valence-electron chi connectivity index (χ2n) is 6.13. The second-order valence-corrected chi connectivity index (χ2v) is 6.13. The highest BCUT2D eigenvalue weighted by molar-refractivity contribution is 5.80. The first-order valence-electron chi connectivity index (χ1n) is 6.44. The van der Waals surface area contributed by atoms with E-state index in [1.807, 2.05) is 18.2 Å². The molecule has 0 amide bonds. The fourth-order valence-corrected chi connectivity index (χ4v) is 2.64. The molecule has 19 heavy (non-hydrogen) atoms. The van der Waals surface area contributed by atoms with Crippen molar-refractivity contribution in [3.63, 3.8) is 0 Å². The molecule has 0 aliphatic heterocycles. The Kier molecular flexibility index (Phi) is 2.38. The summed E-state index contributed by atoms with van der Waals surface area (Å²) in [6.07, 6.45) is 0. The van der Waals surface area contributed by atoms with Crippen molar-refractivity contribution >= 4 is 0 Å². The smallest absolute Gasteiger partial charge is 0.196 e. The molecular formula is C17H16F2. The van der Waals surface area contributed by atoms with Crippen molar-refractivity contribution in [1.29, 1.82) is 0 Å². The van der Waals surface area contributed by atoms with Crippen LogP contribution < -0.4 is 0 Å². The van der Waals surface area contributed by atoms with Gasteiger partial charge in [0.1, 0.15) is 0 Å². The minimum Gasteiger partial charge on any atom is -0.196 e. The predicted molar refractivity (Wildman–Crippen MR) is 73.6 cm³/mol. The van der Waals surface area contributed by atoms with Crippen molar-refractivity contribution in [2.45, 2.75) is 32.1 Å². The molecule has 0 saturated carbocycles. The van der Waals surface area contributed by atoms with Crippen LogP contribution in [0.2, 0.25) is 0 Å². The molecule has 0 saturated heterocycles. The quantitative estimate of drug-likeness (QED) is 0.616. The SMILES string of the molecule is CC(C)(C)c1ccc2c(c1)-c1ccccc1C2(F)F. The molecule has 0 bridgehead atoms. The first-order chi connectivity index (χ1) is 8.82. The maximum atomic E-state index is 14.4. The van der Waals surface area contributed by atoms with E-state index in [0.29, 0.717) is 11.1 Å². The maximum Gasteiger partial charge on any atom is 0.299 e. The number of benzene rings is 2. The summed E-state index contributed by atoms with van der Waals surface area (Å²) in [5.74, 6) is -2.87. The molecule has 0 fully saturated rings. The van der Waals surface area contributed by atoms with Gasteiger partial charge in [-0.05, 0) is 22.1 Å². The van der Waals surface area contributed by atoms with Gasteiger partial charge < -0.3 is 0 Å². The summed E-state index contributed by atoms with van der Waals surface area (Å²) >= 11 is 0. The van der Waals surface area contributed by atoms with Gasteiger partial charge in [0.15, 0.2) is 0 Å². The lowest BCUT2D eigenvalue weighted by atomic mass is 9.85. The molecular weight excluding hydrogens is 242 g/mol. The Labute approximate surface area is 112 Å². The first kappa shape index (κ1) is 12.3. The van der Waals surface area contributed by atoms with Gasteiger partial charge in [0.25, 0.3) is 5.92 Å². The van der Waals surface area contributed by atoms with Gasteiger partial charge in [0, 0.05) is 11.1 Å². The van der Waals surface area contributed by atoms with Gasteiger partial charge in [-0.1, -0.05) is 63.2 Å². The van der Waals surface area contributed by atoms with E-state index in [1.54, 1.807) is 18.2 Å². The lowest BCUT2D eigenvalue weighted by Gasteiger charge is -2.20. The van der Waals surface area contributed by atoms with E-state index in [-0.39, 0.29) is 16.5 Å². The minimum atomic E-state index is -2.87. The maximum absolute atomic E-state index is 14.4. The molecule has 0 heterocycles. The van der Waals surface area contributed by atoms with Crippen molar-refractivity contribution in [3.8, 4) is 11.1 Å². The van der Waals surface area contributed by atoms with E-state index in [0.717, 1.165) is 5.56 Å². The largest absolute Gasteiger partial charge is 0.299 e.